The topological polar surface area (TPSA) is 146 Å². The van der Waals surface area contributed by atoms with E-state index in [1.807, 2.05) is 18.2 Å². The molecule has 1 amide bonds. The van der Waals surface area contributed by atoms with Gasteiger partial charge in [0.15, 0.2) is 5.49 Å². The molecular formula is C23H27N7O2. The number of nitrogen functional groups attached to an aromatic ring is 2. The average Bonchev–Trinajstić information content (AvgIpc) is 2.75. The molecule has 166 valence electrons. The third-order valence-electron chi connectivity index (χ3n) is 4.77. The van der Waals surface area contributed by atoms with Crippen LogP contribution in [0.1, 0.15) is 16.8 Å². The Morgan fingerprint density at radius 1 is 1.16 bits per heavy atom. The van der Waals surface area contributed by atoms with Crippen molar-refractivity contribution in [2.24, 2.45) is 10.8 Å². The lowest BCUT2D eigenvalue weighted by molar-refractivity contribution is -0.120. The number of benzene rings is 2. The molecule has 0 aliphatic carbocycles. The molecule has 0 fully saturated rings. The predicted molar refractivity (Wildman–Crippen MR) is 124 cm³/mol. The largest absolute Gasteiger partial charge is 0.427 e. The molecule has 0 spiro atoms. The summed E-state index contributed by atoms with van der Waals surface area (Å²) in [5, 5.41) is 27.0. The number of carbonyl (C=O) groups is 1. The molecule has 9 nitrogen and oxygen atoms in total. The van der Waals surface area contributed by atoms with Crippen molar-refractivity contribution in [1.29, 1.82) is 5.41 Å². The molecule has 32 heavy (non-hydrogen) atoms. The first-order valence-corrected chi connectivity index (χ1v) is 9.96. The van der Waals surface area contributed by atoms with E-state index in [2.05, 4.69) is 10.4 Å². The predicted octanol–water partition coefficient (Wildman–Crippen LogP) is 1.49. The number of nitrogens with zero attached hydrogens (tertiary/aromatic N) is 3. The van der Waals surface area contributed by atoms with Crippen LogP contribution in [-0.2, 0) is 17.8 Å². The molecule has 0 saturated heterocycles. The number of carbonyl (C=O) groups excluding carboxylic acids is 1. The van der Waals surface area contributed by atoms with Crippen molar-refractivity contribution in [3.8, 4) is 11.1 Å². The molecule has 0 unspecified atom stereocenters. The number of nitrogens with two attached hydrogens (primary N) is 2. The molecule has 9 heteroatoms. The van der Waals surface area contributed by atoms with Crippen LogP contribution in [0.15, 0.2) is 65.8 Å². The van der Waals surface area contributed by atoms with Gasteiger partial charge in [0.05, 0.1) is 12.1 Å². The lowest BCUT2D eigenvalue weighted by atomic mass is 10.0. The van der Waals surface area contributed by atoms with Crippen LogP contribution in [0.2, 0.25) is 0 Å². The Morgan fingerprint density at radius 3 is 2.50 bits per heavy atom. The minimum Gasteiger partial charge on any atom is -0.427 e. The zero-order valence-electron chi connectivity index (χ0n) is 18.0. The summed E-state index contributed by atoms with van der Waals surface area (Å²) in [6, 6.07) is 17.8. The highest BCUT2D eigenvalue weighted by Gasteiger charge is 2.15. The standard InChI is InChI=1S/C23H27N7O2/c1-29(2)28-21-11-10-19(17-4-3-5-18(24)12-17)20(30(21)32)13-22(31)27-14-15-6-8-16(9-7-15)23(25)26/h3-12,32H,13-14,24H2,1-2H3,(H3,25,26)(H,27,31)/b28-21+. The van der Waals surface area contributed by atoms with Gasteiger partial charge in [0, 0.05) is 37.5 Å². The van der Waals surface area contributed by atoms with Crippen molar-refractivity contribution in [3.63, 3.8) is 0 Å². The Bertz CT molecular complexity index is 1200. The normalized spacial score (nSPS) is 11.2. The number of nitrogens with one attached hydrogen (secondary N) is 2. The van der Waals surface area contributed by atoms with E-state index >= 15 is 0 Å². The molecule has 0 aliphatic heterocycles. The van der Waals surface area contributed by atoms with Gasteiger partial charge in [-0.3, -0.25) is 10.2 Å². The SMILES string of the molecule is CN(C)/N=c1\ccc(-c2cccc(N)c2)c(CC(=O)NCc2ccc(C(=N)N)cc2)n1O. The fourth-order valence-corrected chi connectivity index (χ4v) is 3.21. The van der Waals surface area contributed by atoms with E-state index in [4.69, 9.17) is 16.9 Å². The molecule has 0 bridgehead atoms. The zero-order valence-corrected chi connectivity index (χ0v) is 18.0. The van der Waals surface area contributed by atoms with Crippen molar-refractivity contribution in [2.75, 3.05) is 19.8 Å². The Balaban J connectivity index is 1.87. The minimum atomic E-state index is -0.268. The number of hydrogen-bond acceptors (Lipinski definition) is 6. The summed E-state index contributed by atoms with van der Waals surface area (Å²) in [5.74, 6) is -0.277. The Kier molecular flexibility index (Phi) is 6.79. The molecule has 7 N–H and O–H groups in total. The number of anilines is 1. The van der Waals surface area contributed by atoms with Gasteiger partial charge in [-0.1, -0.05) is 36.4 Å². The third kappa shape index (κ3) is 5.45. The van der Waals surface area contributed by atoms with E-state index in [0.717, 1.165) is 15.9 Å². The summed E-state index contributed by atoms with van der Waals surface area (Å²) < 4.78 is 0.930. The van der Waals surface area contributed by atoms with Crippen LogP contribution in [-0.4, -0.2) is 40.8 Å². The van der Waals surface area contributed by atoms with Gasteiger partial charge in [0.2, 0.25) is 5.91 Å². The maximum absolute atomic E-state index is 12.7. The number of hydrogen-bond donors (Lipinski definition) is 5. The maximum atomic E-state index is 12.7. The zero-order chi connectivity index (χ0) is 23.3. The molecule has 0 saturated carbocycles. The first kappa shape index (κ1) is 22.4. The van der Waals surface area contributed by atoms with Gasteiger partial charge in [0.25, 0.3) is 0 Å². The Hall–Kier alpha value is -4.27. The number of pyridine rings is 1. The highest BCUT2D eigenvalue weighted by atomic mass is 16.5. The van der Waals surface area contributed by atoms with Crippen LogP contribution >= 0.6 is 0 Å². The van der Waals surface area contributed by atoms with Gasteiger partial charge >= 0.3 is 0 Å². The Labute approximate surface area is 186 Å². The van der Waals surface area contributed by atoms with Crippen LogP contribution in [0.25, 0.3) is 11.1 Å². The number of aromatic nitrogens is 1. The van der Waals surface area contributed by atoms with Crippen LogP contribution in [0, 0.1) is 5.41 Å². The van der Waals surface area contributed by atoms with Crippen molar-refractivity contribution in [3.05, 3.63) is 83.0 Å². The quantitative estimate of drug-likeness (QED) is 0.126. The lowest BCUT2D eigenvalue weighted by Gasteiger charge is -2.15. The summed E-state index contributed by atoms with van der Waals surface area (Å²) in [5.41, 5.74) is 15.6. The molecule has 3 rings (SSSR count). The summed E-state index contributed by atoms with van der Waals surface area (Å²) >= 11 is 0. The van der Waals surface area contributed by atoms with Gasteiger partial charge in [-0.2, -0.15) is 9.83 Å². The lowest BCUT2D eigenvalue weighted by Crippen LogP contribution is -2.30. The van der Waals surface area contributed by atoms with E-state index < -0.39 is 0 Å². The smallest absolute Gasteiger partial charge is 0.226 e. The van der Waals surface area contributed by atoms with Gasteiger partial charge in [0.1, 0.15) is 5.84 Å². The summed E-state index contributed by atoms with van der Waals surface area (Å²) in [6.07, 6.45) is -0.0665. The van der Waals surface area contributed by atoms with Crippen LogP contribution in [0.4, 0.5) is 5.69 Å². The second-order valence-corrected chi connectivity index (χ2v) is 7.50. The summed E-state index contributed by atoms with van der Waals surface area (Å²) in [6.45, 7) is 0.303. The molecular weight excluding hydrogens is 406 g/mol. The van der Waals surface area contributed by atoms with Crippen molar-refractivity contribution in [1.82, 2.24) is 15.1 Å². The van der Waals surface area contributed by atoms with Crippen molar-refractivity contribution in [2.45, 2.75) is 13.0 Å². The van der Waals surface area contributed by atoms with E-state index in [1.54, 1.807) is 61.6 Å². The highest BCUT2D eigenvalue weighted by Crippen LogP contribution is 2.24. The van der Waals surface area contributed by atoms with Crippen LogP contribution in [0.5, 0.6) is 0 Å². The van der Waals surface area contributed by atoms with Gasteiger partial charge in [-0.05, 0) is 35.4 Å². The Morgan fingerprint density at radius 2 is 1.88 bits per heavy atom. The van der Waals surface area contributed by atoms with Gasteiger partial charge in [-0.15, -0.1) is 0 Å². The second kappa shape index (κ2) is 9.69. The van der Waals surface area contributed by atoms with Crippen molar-refractivity contribution < 1.29 is 10.0 Å². The first-order valence-electron chi connectivity index (χ1n) is 9.96. The van der Waals surface area contributed by atoms with Crippen molar-refractivity contribution >= 4 is 17.4 Å². The first-order chi connectivity index (χ1) is 15.2. The summed E-state index contributed by atoms with van der Waals surface area (Å²) in [7, 11) is 3.49. The molecule has 1 aromatic heterocycles. The molecule has 3 aromatic rings. The van der Waals surface area contributed by atoms with E-state index in [1.165, 1.54) is 0 Å². The maximum Gasteiger partial charge on any atom is 0.226 e. The molecule has 1 heterocycles. The average molecular weight is 434 g/mol. The third-order valence-corrected chi connectivity index (χ3v) is 4.77. The molecule has 0 aliphatic rings. The van der Waals surface area contributed by atoms with E-state index in [0.29, 0.717) is 34.5 Å². The van der Waals surface area contributed by atoms with E-state index in [-0.39, 0.29) is 18.2 Å². The fraction of sp³-hybridized carbons (Fsp3) is 0.174. The molecule has 0 atom stereocenters. The minimum absolute atomic E-state index is 0.00909. The number of rotatable bonds is 7. The fourth-order valence-electron chi connectivity index (χ4n) is 3.21. The molecule has 2 aromatic carbocycles. The number of amidine groups is 1. The highest BCUT2D eigenvalue weighted by molar-refractivity contribution is 5.94. The van der Waals surface area contributed by atoms with Crippen LogP contribution < -0.4 is 22.3 Å². The van der Waals surface area contributed by atoms with Gasteiger partial charge in [-0.25, -0.2) is 0 Å². The summed E-state index contributed by atoms with van der Waals surface area (Å²) in [4.78, 5) is 12.7. The molecule has 0 radical (unpaired) electrons. The van der Waals surface area contributed by atoms with Crippen LogP contribution in [0.3, 0.4) is 0 Å². The monoisotopic (exact) mass is 433 g/mol. The van der Waals surface area contributed by atoms with E-state index in [9.17, 15) is 10.0 Å². The second-order valence-electron chi connectivity index (χ2n) is 7.50. The van der Waals surface area contributed by atoms with Gasteiger partial charge < -0.3 is 27.0 Å². The number of amides is 1.